The predicted molar refractivity (Wildman–Crippen MR) is 75.1 cm³/mol. The van der Waals surface area contributed by atoms with Gasteiger partial charge in [-0.15, -0.1) is 6.42 Å². The summed E-state index contributed by atoms with van der Waals surface area (Å²) >= 11 is 0. The van der Waals surface area contributed by atoms with Gasteiger partial charge in [0.2, 0.25) is 0 Å². The lowest BCUT2D eigenvalue weighted by atomic mass is 10.2. The zero-order valence-electron chi connectivity index (χ0n) is 11.8. The molecule has 5 nitrogen and oxygen atoms in total. The third-order valence-electron chi connectivity index (χ3n) is 4.04. The number of carbonyl (C=O) groups excluding carboxylic acids is 1. The maximum absolute atomic E-state index is 12.6. The summed E-state index contributed by atoms with van der Waals surface area (Å²) in [5.41, 5.74) is 0. The van der Waals surface area contributed by atoms with E-state index in [1.165, 1.54) is 4.90 Å². The first-order chi connectivity index (χ1) is 9.61. The van der Waals surface area contributed by atoms with Crippen LogP contribution in [0.2, 0.25) is 0 Å². The Morgan fingerprint density at radius 3 is 2.35 bits per heavy atom. The molecular formula is C15H22N2O3. The highest BCUT2D eigenvalue weighted by Gasteiger charge is 2.33. The molecule has 1 N–H and O–H groups in total. The average Bonchev–Trinajstić information content (AvgIpc) is 3.05. The van der Waals surface area contributed by atoms with Gasteiger partial charge in [-0.05, 0) is 31.6 Å². The molecule has 2 aliphatic carbocycles. The van der Waals surface area contributed by atoms with Gasteiger partial charge in [0.15, 0.2) is 0 Å². The maximum Gasteiger partial charge on any atom is 0.323 e. The van der Waals surface area contributed by atoms with Gasteiger partial charge in [-0.3, -0.25) is 4.79 Å². The molecule has 0 aromatic rings. The van der Waals surface area contributed by atoms with Crippen molar-refractivity contribution in [2.45, 2.75) is 44.6 Å². The van der Waals surface area contributed by atoms with Crippen LogP contribution >= 0.6 is 0 Å². The summed E-state index contributed by atoms with van der Waals surface area (Å²) in [7, 11) is 0. The molecule has 20 heavy (non-hydrogen) atoms. The minimum Gasteiger partial charge on any atom is -0.480 e. The second kappa shape index (κ2) is 6.65. The topological polar surface area (TPSA) is 60.9 Å². The van der Waals surface area contributed by atoms with Crippen LogP contribution in [0.4, 0.5) is 4.79 Å². The highest BCUT2D eigenvalue weighted by Crippen LogP contribution is 2.30. The van der Waals surface area contributed by atoms with Gasteiger partial charge >= 0.3 is 12.0 Å². The van der Waals surface area contributed by atoms with Gasteiger partial charge in [0, 0.05) is 12.6 Å². The van der Waals surface area contributed by atoms with Crippen LogP contribution < -0.4 is 0 Å². The summed E-state index contributed by atoms with van der Waals surface area (Å²) in [6.45, 7) is 0.694. The minimum atomic E-state index is -0.961. The third-order valence-corrected chi connectivity index (χ3v) is 4.04. The van der Waals surface area contributed by atoms with E-state index in [1.807, 2.05) is 0 Å². The lowest BCUT2D eigenvalue weighted by molar-refractivity contribution is -0.138. The number of carbonyl (C=O) groups is 2. The maximum atomic E-state index is 12.6. The second-order valence-corrected chi connectivity index (χ2v) is 5.77. The van der Waals surface area contributed by atoms with E-state index >= 15 is 0 Å². The van der Waals surface area contributed by atoms with Crippen LogP contribution in [-0.2, 0) is 4.79 Å². The van der Waals surface area contributed by atoms with E-state index in [-0.39, 0.29) is 25.2 Å². The largest absolute Gasteiger partial charge is 0.480 e. The average molecular weight is 278 g/mol. The molecule has 0 radical (unpaired) electrons. The highest BCUT2D eigenvalue weighted by atomic mass is 16.4. The van der Waals surface area contributed by atoms with E-state index in [1.54, 1.807) is 4.90 Å². The van der Waals surface area contributed by atoms with Crippen LogP contribution in [0.1, 0.15) is 38.5 Å². The number of carboxylic acids is 1. The van der Waals surface area contributed by atoms with E-state index in [4.69, 9.17) is 11.5 Å². The number of terminal acetylenes is 1. The molecule has 2 amide bonds. The van der Waals surface area contributed by atoms with Crippen molar-refractivity contribution in [3.05, 3.63) is 0 Å². The van der Waals surface area contributed by atoms with E-state index in [9.17, 15) is 9.59 Å². The number of rotatable bonds is 6. The Kier molecular flexibility index (Phi) is 4.89. The van der Waals surface area contributed by atoms with E-state index in [0.29, 0.717) is 12.5 Å². The Hall–Kier alpha value is -1.70. The zero-order valence-corrected chi connectivity index (χ0v) is 11.8. The Labute approximate surface area is 119 Å². The summed E-state index contributed by atoms with van der Waals surface area (Å²) in [4.78, 5) is 26.8. The Balaban J connectivity index is 2.05. The number of nitrogens with zero attached hydrogens (tertiary/aromatic N) is 2. The van der Waals surface area contributed by atoms with Crippen LogP contribution in [0.3, 0.4) is 0 Å². The SMILES string of the molecule is C#CCN(CC1CC1)C(=O)N(CC(=O)O)C1CCCC1. The monoisotopic (exact) mass is 278 g/mol. The smallest absolute Gasteiger partial charge is 0.323 e. The van der Waals surface area contributed by atoms with Crippen LogP contribution in [0.15, 0.2) is 0 Å². The molecule has 0 aliphatic heterocycles. The Morgan fingerprint density at radius 1 is 1.20 bits per heavy atom. The molecule has 2 aliphatic rings. The van der Waals surface area contributed by atoms with Crippen molar-refractivity contribution in [1.82, 2.24) is 9.80 Å². The first kappa shape index (κ1) is 14.7. The summed E-state index contributed by atoms with van der Waals surface area (Å²) in [6, 6.07) is -0.151. The van der Waals surface area contributed by atoms with E-state index < -0.39 is 5.97 Å². The zero-order chi connectivity index (χ0) is 14.5. The molecule has 110 valence electrons. The fraction of sp³-hybridized carbons (Fsp3) is 0.733. The van der Waals surface area contributed by atoms with Crippen molar-refractivity contribution in [2.75, 3.05) is 19.6 Å². The van der Waals surface area contributed by atoms with Crippen LogP contribution in [0, 0.1) is 18.3 Å². The number of hydrogen-bond donors (Lipinski definition) is 1. The molecule has 0 bridgehead atoms. The fourth-order valence-corrected chi connectivity index (χ4v) is 2.83. The van der Waals surface area contributed by atoms with E-state index in [0.717, 1.165) is 38.5 Å². The van der Waals surface area contributed by atoms with Gasteiger partial charge in [-0.2, -0.15) is 0 Å². The molecule has 2 fully saturated rings. The van der Waals surface area contributed by atoms with Gasteiger partial charge in [0.1, 0.15) is 6.54 Å². The highest BCUT2D eigenvalue weighted by molar-refractivity contribution is 5.80. The van der Waals surface area contributed by atoms with Gasteiger partial charge in [0.25, 0.3) is 0 Å². The van der Waals surface area contributed by atoms with Crippen molar-refractivity contribution in [1.29, 1.82) is 0 Å². The quantitative estimate of drug-likeness (QED) is 0.753. The molecule has 5 heteroatoms. The Morgan fingerprint density at radius 2 is 1.85 bits per heavy atom. The molecule has 0 unspecified atom stereocenters. The van der Waals surface area contributed by atoms with Crippen molar-refractivity contribution in [2.24, 2.45) is 5.92 Å². The van der Waals surface area contributed by atoms with Gasteiger partial charge in [-0.1, -0.05) is 18.8 Å². The van der Waals surface area contributed by atoms with E-state index in [2.05, 4.69) is 5.92 Å². The lowest BCUT2D eigenvalue weighted by Crippen LogP contribution is -2.50. The van der Waals surface area contributed by atoms with Gasteiger partial charge < -0.3 is 14.9 Å². The summed E-state index contributed by atoms with van der Waals surface area (Å²) < 4.78 is 0. The summed E-state index contributed by atoms with van der Waals surface area (Å²) in [5, 5.41) is 9.05. The van der Waals surface area contributed by atoms with Crippen LogP contribution in [0.5, 0.6) is 0 Å². The molecule has 0 atom stereocenters. The van der Waals surface area contributed by atoms with Crippen molar-refractivity contribution < 1.29 is 14.7 Å². The van der Waals surface area contributed by atoms with Crippen LogP contribution in [-0.4, -0.2) is 52.6 Å². The molecule has 0 spiro atoms. The minimum absolute atomic E-state index is 0.0538. The number of carboxylic acid groups (broad SMARTS) is 1. The summed E-state index contributed by atoms with van der Waals surface area (Å²) in [6.07, 6.45) is 11.5. The van der Waals surface area contributed by atoms with Crippen LogP contribution in [0.25, 0.3) is 0 Å². The van der Waals surface area contributed by atoms with Crippen molar-refractivity contribution >= 4 is 12.0 Å². The normalized spacial score (nSPS) is 18.6. The first-order valence-electron chi connectivity index (χ1n) is 7.32. The summed E-state index contributed by atoms with van der Waals surface area (Å²) in [5.74, 6) is 2.09. The molecule has 2 rings (SSSR count). The first-order valence-corrected chi connectivity index (χ1v) is 7.32. The van der Waals surface area contributed by atoms with Gasteiger partial charge in [0.05, 0.1) is 6.54 Å². The van der Waals surface area contributed by atoms with Gasteiger partial charge in [-0.25, -0.2) is 4.79 Å². The molecular weight excluding hydrogens is 256 g/mol. The number of urea groups is 1. The van der Waals surface area contributed by atoms with Crippen molar-refractivity contribution in [3.8, 4) is 12.3 Å². The van der Waals surface area contributed by atoms with Crippen molar-refractivity contribution in [3.63, 3.8) is 0 Å². The molecule has 0 aromatic carbocycles. The Bertz CT molecular complexity index is 406. The second-order valence-electron chi connectivity index (χ2n) is 5.77. The fourth-order valence-electron chi connectivity index (χ4n) is 2.83. The number of aliphatic carboxylic acids is 1. The molecule has 0 aromatic heterocycles. The molecule has 0 saturated heterocycles. The molecule has 0 heterocycles. The molecule has 2 saturated carbocycles. The number of amides is 2. The number of hydrogen-bond acceptors (Lipinski definition) is 2. The predicted octanol–water partition coefficient (Wildman–Crippen LogP) is 1.78. The lowest BCUT2D eigenvalue weighted by Gasteiger charge is -2.32. The third kappa shape index (κ3) is 3.89. The standard InChI is InChI=1S/C15H22N2O3/c1-2-9-16(10-12-7-8-12)15(20)17(11-14(18)19)13-5-3-4-6-13/h1,12-13H,3-11H2,(H,18,19).